The Morgan fingerprint density at radius 1 is 1.15 bits per heavy atom. The van der Waals surface area contributed by atoms with E-state index in [0.717, 1.165) is 5.56 Å². The molecule has 0 unspecified atom stereocenters. The zero-order valence-corrected chi connectivity index (χ0v) is 14.3. The number of ether oxygens (including phenoxy) is 2. The van der Waals surface area contributed by atoms with Gasteiger partial charge < -0.3 is 14.8 Å². The molecule has 0 saturated carbocycles. The van der Waals surface area contributed by atoms with E-state index in [2.05, 4.69) is 20.7 Å². The molecule has 0 bridgehead atoms. The van der Waals surface area contributed by atoms with Gasteiger partial charge in [0.1, 0.15) is 0 Å². The number of rotatable bonds is 5. The van der Waals surface area contributed by atoms with Gasteiger partial charge >= 0.3 is 0 Å². The number of aromatic nitrogens is 4. The molecule has 1 N–H and O–H groups in total. The molecule has 4 rings (SSSR count). The summed E-state index contributed by atoms with van der Waals surface area (Å²) in [5, 5.41) is 15.7. The second-order valence-corrected chi connectivity index (χ2v) is 6.02. The molecule has 132 valence electrons. The largest absolute Gasteiger partial charge is 0.454 e. The summed E-state index contributed by atoms with van der Waals surface area (Å²) in [5.74, 6) is 1.62. The van der Waals surface area contributed by atoms with E-state index in [9.17, 15) is 4.79 Å². The van der Waals surface area contributed by atoms with Crippen LogP contribution in [0.2, 0.25) is 5.02 Å². The molecule has 0 saturated heterocycles. The van der Waals surface area contributed by atoms with Crippen molar-refractivity contribution in [2.45, 2.75) is 13.0 Å². The van der Waals surface area contributed by atoms with Crippen LogP contribution in [0, 0.1) is 0 Å². The fourth-order valence-corrected chi connectivity index (χ4v) is 2.58. The van der Waals surface area contributed by atoms with Crippen LogP contribution in [0.15, 0.2) is 42.5 Å². The van der Waals surface area contributed by atoms with E-state index in [-0.39, 0.29) is 19.1 Å². The van der Waals surface area contributed by atoms with Crippen molar-refractivity contribution in [1.82, 2.24) is 20.2 Å². The van der Waals surface area contributed by atoms with Gasteiger partial charge in [0, 0.05) is 28.8 Å². The molecule has 0 atom stereocenters. The van der Waals surface area contributed by atoms with Gasteiger partial charge in [-0.2, -0.15) is 4.80 Å². The van der Waals surface area contributed by atoms with Crippen LogP contribution in [-0.2, 0) is 11.3 Å². The second kappa shape index (κ2) is 7.01. The standard InChI is InChI=1S/C17H14ClN5O3/c18-12-3-1-11(2-4-12)17-20-22-23(21-17)8-7-16(24)19-13-5-6-14-15(9-13)26-10-25-14/h1-6,9H,7-8,10H2,(H,19,24). The quantitative estimate of drug-likeness (QED) is 0.741. The minimum absolute atomic E-state index is 0.158. The highest BCUT2D eigenvalue weighted by Gasteiger charge is 2.14. The molecule has 1 aliphatic heterocycles. The Balaban J connectivity index is 1.34. The molecular weight excluding hydrogens is 358 g/mol. The van der Waals surface area contributed by atoms with Crippen molar-refractivity contribution in [3.63, 3.8) is 0 Å². The fraction of sp³-hybridized carbons (Fsp3) is 0.176. The second-order valence-electron chi connectivity index (χ2n) is 5.58. The molecule has 0 aliphatic carbocycles. The first-order chi connectivity index (χ1) is 12.7. The van der Waals surface area contributed by atoms with Gasteiger partial charge in [-0.15, -0.1) is 10.2 Å². The number of hydrogen-bond donors (Lipinski definition) is 1. The summed E-state index contributed by atoms with van der Waals surface area (Å²) in [7, 11) is 0. The molecule has 3 aromatic rings. The number of hydrogen-bond acceptors (Lipinski definition) is 6. The molecule has 1 aromatic heterocycles. The lowest BCUT2D eigenvalue weighted by atomic mass is 10.2. The predicted molar refractivity (Wildman–Crippen MR) is 94.1 cm³/mol. The molecule has 0 radical (unpaired) electrons. The van der Waals surface area contributed by atoms with Crippen LogP contribution in [0.5, 0.6) is 11.5 Å². The number of nitrogens with one attached hydrogen (secondary N) is 1. The Bertz CT molecular complexity index is 942. The number of nitrogens with zero attached hydrogens (tertiary/aromatic N) is 4. The Hall–Kier alpha value is -3.13. The van der Waals surface area contributed by atoms with Gasteiger partial charge in [0.25, 0.3) is 0 Å². The third-order valence-electron chi connectivity index (χ3n) is 3.75. The normalized spacial score (nSPS) is 12.2. The Morgan fingerprint density at radius 2 is 1.96 bits per heavy atom. The van der Waals surface area contributed by atoms with Gasteiger partial charge in [0.2, 0.25) is 18.5 Å². The lowest BCUT2D eigenvalue weighted by Gasteiger charge is -2.05. The molecule has 8 nitrogen and oxygen atoms in total. The summed E-state index contributed by atoms with van der Waals surface area (Å²) in [6.07, 6.45) is 0.213. The summed E-state index contributed by atoms with van der Waals surface area (Å²) in [6, 6.07) is 12.4. The van der Waals surface area contributed by atoms with Crippen LogP contribution in [0.3, 0.4) is 0 Å². The third kappa shape index (κ3) is 3.60. The first-order valence-electron chi connectivity index (χ1n) is 7.91. The summed E-state index contributed by atoms with van der Waals surface area (Å²) >= 11 is 5.87. The molecule has 2 aromatic carbocycles. The van der Waals surface area contributed by atoms with E-state index in [1.807, 2.05) is 12.1 Å². The van der Waals surface area contributed by atoms with Gasteiger partial charge in [-0.1, -0.05) is 11.6 Å². The highest BCUT2D eigenvalue weighted by atomic mass is 35.5. The number of carbonyl (C=O) groups is 1. The molecule has 9 heteroatoms. The van der Waals surface area contributed by atoms with Crippen LogP contribution in [0.1, 0.15) is 6.42 Å². The number of carbonyl (C=O) groups excluding carboxylic acids is 1. The van der Waals surface area contributed by atoms with Crippen molar-refractivity contribution in [2.24, 2.45) is 0 Å². The number of halogens is 1. The molecule has 1 aliphatic rings. The van der Waals surface area contributed by atoms with Gasteiger partial charge in [0.15, 0.2) is 11.5 Å². The van der Waals surface area contributed by atoms with Crippen molar-refractivity contribution in [3.8, 4) is 22.9 Å². The molecule has 26 heavy (non-hydrogen) atoms. The smallest absolute Gasteiger partial charge is 0.231 e. The molecular formula is C17H14ClN5O3. The van der Waals surface area contributed by atoms with E-state index in [1.54, 1.807) is 30.3 Å². The highest BCUT2D eigenvalue weighted by molar-refractivity contribution is 6.30. The maximum atomic E-state index is 12.1. The molecule has 2 heterocycles. The van der Waals surface area contributed by atoms with Gasteiger partial charge in [0.05, 0.1) is 6.54 Å². The van der Waals surface area contributed by atoms with Gasteiger partial charge in [-0.3, -0.25) is 4.79 Å². The van der Waals surface area contributed by atoms with Crippen LogP contribution in [0.25, 0.3) is 11.4 Å². The monoisotopic (exact) mass is 371 g/mol. The summed E-state index contributed by atoms with van der Waals surface area (Å²) in [5.41, 5.74) is 1.46. The number of amides is 1. The number of benzene rings is 2. The predicted octanol–water partition coefficient (Wildman–Crippen LogP) is 2.75. The SMILES string of the molecule is O=C(CCn1nnc(-c2ccc(Cl)cc2)n1)Nc1ccc2c(c1)OCO2. The van der Waals surface area contributed by atoms with Crippen molar-refractivity contribution in [3.05, 3.63) is 47.5 Å². The number of anilines is 1. The van der Waals surface area contributed by atoms with Crippen molar-refractivity contribution in [1.29, 1.82) is 0 Å². The van der Waals surface area contributed by atoms with Crippen LogP contribution in [-0.4, -0.2) is 32.9 Å². The molecule has 0 fully saturated rings. The Morgan fingerprint density at radius 3 is 2.81 bits per heavy atom. The van der Waals surface area contributed by atoms with E-state index < -0.39 is 0 Å². The minimum Gasteiger partial charge on any atom is -0.454 e. The maximum Gasteiger partial charge on any atom is 0.231 e. The van der Waals surface area contributed by atoms with Crippen LogP contribution < -0.4 is 14.8 Å². The number of tetrazole rings is 1. The van der Waals surface area contributed by atoms with E-state index in [1.165, 1.54) is 4.80 Å². The number of fused-ring (bicyclic) bond motifs is 1. The lowest BCUT2D eigenvalue weighted by molar-refractivity contribution is -0.116. The minimum atomic E-state index is -0.158. The molecule has 0 spiro atoms. The Kier molecular flexibility index (Phi) is 4.40. The first-order valence-corrected chi connectivity index (χ1v) is 8.28. The summed E-state index contributed by atoms with van der Waals surface area (Å²) in [4.78, 5) is 13.5. The topological polar surface area (TPSA) is 91.2 Å². The first kappa shape index (κ1) is 16.3. The third-order valence-corrected chi connectivity index (χ3v) is 4.00. The average Bonchev–Trinajstić information content (AvgIpc) is 3.29. The summed E-state index contributed by atoms with van der Waals surface area (Å²) in [6.45, 7) is 0.512. The number of aryl methyl sites for hydroxylation is 1. The van der Waals surface area contributed by atoms with Crippen molar-refractivity contribution in [2.75, 3.05) is 12.1 Å². The van der Waals surface area contributed by atoms with Crippen LogP contribution >= 0.6 is 11.6 Å². The average molecular weight is 372 g/mol. The lowest BCUT2D eigenvalue weighted by Crippen LogP contribution is -2.15. The van der Waals surface area contributed by atoms with E-state index in [0.29, 0.717) is 34.6 Å². The summed E-state index contributed by atoms with van der Waals surface area (Å²) < 4.78 is 10.5. The fourth-order valence-electron chi connectivity index (χ4n) is 2.45. The zero-order valence-electron chi connectivity index (χ0n) is 13.6. The van der Waals surface area contributed by atoms with E-state index in [4.69, 9.17) is 21.1 Å². The van der Waals surface area contributed by atoms with Gasteiger partial charge in [-0.05, 0) is 41.6 Å². The zero-order chi connectivity index (χ0) is 17.9. The molecule has 1 amide bonds. The van der Waals surface area contributed by atoms with E-state index >= 15 is 0 Å². The highest BCUT2D eigenvalue weighted by Crippen LogP contribution is 2.34. The van der Waals surface area contributed by atoms with Crippen molar-refractivity contribution < 1.29 is 14.3 Å². The maximum absolute atomic E-state index is 12.1. The van der Waals surface area contributed by atoms with Crippen molar-refractivity contribution >= 4 is 23.2 Å². The van der Waals surface area contributed by atoms with Gasteiger partial charge in [-0.25, -0.2) is 0 Å². The Labute approximate surface area is 153 Å². The van der Waals surface area contributed by atoms with Crippen LogP contribution in [0.4, 0.5) is 5.69 Å².